The molecule has 2 aliphatic rings. The van der Waals surface area contributed by atoms with Crippen LogP contribution in [0.2, 0.25) is 0 Å². The lowest BCUT2D eigenvalue weighted by Gasteiger charge is -2.25. The van der Waals surface area contributed by atoms with E-state index in [1.54, 1.807) is 12.3 Å². The summed E-state index contributed by atoms with van der Waals surface area (Å²) in [6.45, 7) is 7.34. The van der Waals surface area contributed by atoms with Crippen LogP contribution in [0.5, 0.6) is 0 Å². The second-order valence-electron chi connectivity index (χ2n) is 7.90. The van der Waals surface area contributed by atoms with Gasteiger partial charge < -0.3 is 14.8 Å². The summed E-state index contributed by atoms with van der Waals surface area (Å²) in [5.74, 6) is 0.857. The Bertz CT molecular complexity index is 704. The summed E-state index contributed by atoms with van der Waals surface area (Å²) in [6.07, 6.45) is 4.40. The molecule has 3 rings (SSSR count). The Kier molecular flexibility index (Phi) is 4.12. The van der Waals surface area contributed by atoms with Crippen LogP contribution in [-0.2, 0) is 15.1 Å². The average Bonchev–Trinajstić information content (AvgIpc) is 3.09. The van der Waals surface area contributed by atoms with E-state index in [4.69, 9.17) is 5.26 Å². The lowest BCUT2D eigenvalue weighted by Crippen LogP contribution is -2.31. The lowest BCUT2D eigenvalue weighted by atomic mass is 10.1. The molecule has 2 heterocycles. The number of rotatable bonds is 4. The number of likely N-dealkylation sites (tertiary alicyclic amines) is 1. The number of nitriles is 1. The maximum atomic E-state index is 12.6. The zero-order valence-corrected chi connectivity index (χ0v) is 14.5. The summed E-state index contributed by atoms with van der Waals surface area (Å²) in [5, 5.41) is 12.0. The molecule has 1 saturated carbocycles. The summed E-state index contributed by atoms with van der Waals surface area (Å²) in [4.78, 5) is 26.5. The first-order chi connectivity index (χ1) is 11.3. The van der Waals surface area contributed by atoms with Crippen molar-refractivity contribution >= 4 is 17.6 Å². The number of carbonyl (C=O) groups is 2. The minimum Gasteiger partial charge on any atom is -0.342 e. The SMILES string of the molecule is CC(C)(C)n1cc(C#N)cc1NC(=O)[C@H]1CC(=O)N(CC2CC2)C1. The molecule has 1 aliphatic heterocycles. The molecule has 0 unspecified atom stereocenters. The zero-order chi connectivity index (χ0) is 17.5. The minimum atomic E-state index is -0.315. The Labute approximate surface area is 142 Å². The summed E-state index contributed by atoms with van der Waals surface area (Å²) >= 11 is 0. The first-order valence-electron chi connectivity index (χ1n) is 8.49. The number of amides is 2. The van der Waals surface area contributed by atoms with Crippen LogP contribution in [0.15, 0.2) is 12.3 Å². The zero-order valence-electron chi connectivity index (χ0n) is 14.5. The van der Waals surface area contributed by atoms with E-state index < -0.39 is 0 Å². The van der Waals surface area contributed by atoms with Crippen LogP contribution in [0.25, 0.3) is 0 Å². The van der Waals surface area contributed by atoms with Gasteiger partial charge in [-0.15, -0.1) is 0 Å². The largest absolute Gasteiger partial charge is 0.342 e. The molecule has 2 amide bonds. The number of anilines is 1. The van der Waals surface area contributed by atoms with Gasteiger partial charge in [0.15, 0.2) is 0 Å². The Hall–Kier alpha value is -2.29. The number of nitrogens with one attached hydrogen (secondary N) is 1. The van der Waals surface area contributed by atoms with E-state index in [0.717, 1.165) is 6.54 Å². The van der Waals surface area contributed by atoms with E-state index >= 15 is 0 Å². The van der Waals surface area contributed by atoms with Gasteiger partial charge in [-0.05, 0) is 45.6 Å². The van der Waals surface area contributed by atoms with Gasteiger partial charge in [0.2, 0.25) is 11.8 Å². The molecule has 0 spiro atoms. The maximum absolute atomic E-state index is 12.6. The highest BCUT2D eigenvalue weighted by atomic mass is 16.2. The van der Waals surface area contributed by atoms with Gasteiger partial charge in [-0.2, -0.15) is 5.26 Å². The number of hydrogen-bond acceptors (Lipinski definition) is 3. The fraction of sp³-hybridized carbons (Fsp3) is 0.611. The van der Waals surface area contributed by atoms with Crippen molar-refractivity contribution in [2.24, 2.45) is 11.8 Å². The highest BCUT2D eigenvalue weighted by molar-refractivity contribution is 5.96. The quantitative estimate of drug-likeness (QED) is 0.921. The predicted molar refractivity (Wildman–Crippen MR) is 90.2 cm³/mol. The van der Waals surface area contributed by atoms with Gasteiger partial charge >= 0.3 is 0 Å². The highest BCUT2D eigenvalue weighted by Crippen LogP contribution is 2.32. The molecule has 1 saturated heterocycles. The second kappa shape index (κ2) is 5.97. The van der Waals surface area contributed by atoms with Gasteiger partial charge in [-0.25, -0.2) is 0 Å². The van der Waals surface area contributed by atoms with Crippen molar-refractivity contribution in [2.45, 2.75) is 45.6 Å². The van der Waals surface area contributed by atoms with Gasteiger partial charge in [0, 0.05) is 31.2 Å². The first-order valence-corrected chi connectivity index (χ1v) is 8.49. The summed E-state index contributed by atoms with van der Waals surface area (Å²) in [5.41, 5.74) is 0.263. The Balaban J connectivity index is 1.70. The fourth-order valence-corrected chi connectivity index (χ4v) is 3.14. The van der Waals surface area contributed by atoms with Crippen molar-refractivity contribution in [1.82, 2.24) is 9.47 Å². The summed E-state index contributed by atoms with van der Waals surface area (Å²) in [6, 6.07) is 3.79. The van der Waals surface area contributed by atoms with E-state index in [1.165, 1.54) is 12.8 Å². The molecule has 1 aliphatic carbocycles. The van der Waals surface area contributed by atoms with E-state index in [1.807, 2.05) is 30.2 Å². The standard InChI is InChI=1S/C18H24N4O2/c1-18(2,3)22-10-13(8-19)6-15(22)20-17(24)14-7-16(23)21(11-14)9-12-4-5-12/h6,10,12,14H,4-5,7,9,11H2,1-3H3,(H,20,24)/t14-/m0/s1. The normalized spacial score (nSPS) is 21.0. The molecule has 6 nitrogen and oxygen atoms in total. The molecule has 0 bridgehead atoms. The van der Waals surface area contributed by atoms with Gasteiger partial charge in [0.1, 0.15) is 11.9 Å². The molecular weight excluding hydrogens is 304 g/mol. The second-order valence-corrected chi connectivity index (χ2v) is 7.90. The topological polar surface area (TPSA) is 78.1 Å². The van der Waals surface area contributed by atoms with Crippen LogP contribution in [0.4, 0.5) is 5.82 Å². The van der Waals surface area contributed by atoms with Gasteiger partial charge in [-0.1, -0.05) is 0 Å². The van der Waals surface area contributed by atoms with Crippen molar-refractivity contribution in [3.05, 3.63) is 17.8 Å². The van der Waals surface area contributed by atoms with E-state index in [0.29, 0.717) is 23.8 Å². The van der Waals surface area contributed by atoms with Gasteiger partial charge in [0.05, 0.1) is 11.5 Å². The number of hydrogen-bond donors (Lipinski definition) is 1. The van der Waals surface area contributed by atoms with Crippen LogP contribution in [0, 0.1) is 23.2 Å². The molecule has 1 aromatic rings. The van der Waals surface area contributed by atoms with E-state index in [9.17, 15) is 9.59 Å². The van der Waals surface area contributed by atoms with Crippen LogP contribution in [0.1, 0.15) is 45.6 Å². The van der Waals surface area contributed by atoms with Crippen LogP contribution >= 0.6 is 0 Å². The molecule has 1 N–H and O–H groups in total. The predicted octanol–water partition coefficient (Wildman–Crippen LogP) is 2.31. The molecule has 1 aromatic heterocycles. The number of nitrogens with zero attached hydrogens (tertiary/aromatic N) is 3. The monoisotopic (exact) mass is 328 g/mol. The smallest absolute Gasteiger partial charge is 0.230 e. The maximum Gasteiger partial charge on any atom is 0.230 e. The van der Waals surface area contributed by atoms with Crippen molar-refractivity contribution in [2.75, 3.05) is 18.4 Å². The van der Waals surface area contributed by atoms with E-state index in [2.05, 4.69) is 11.4 Å². The Morgan fingerprint density at radius 1 is 1.42 bits per heavy atom. The first kappa shape index (κ1) is 16.6. The number of carbonyl (C=O) groups excluding carboxylic acids is 2. The fourth-order valence-electron chi connectivity index (χ4n) is 3.14. The molecule has 1 atom stereocenters. The Morgan fingerprint density at radius 3 is 2.71 bits per heavy atom. The molecule has 128 valence electrons. The molecule has 24 heavy (non-hydrogen) atoms. The lowest BCUT2D eigenvalue weighted by molar-refractivity contribution is -0.128. The molecule has 0 radical (unpaired) electrons. The highest BCUT2D eigenvalue weighted by Gasteiger charge is 2.37. The Morgan fingerprint density at radius 2 is 2.12 bits per heavy atom. The average molecular weight is 328 g/mol. The third kappa shape index (κ3) is 3.45. The van der Waals surface area contributed by atoms with E-state index in [-0.39, 0.29) is 29.7 Å². The molecule has 0 aromatic carbocycles. The summed E-state index contributed by atoms with van der Waals surface area (Å²) in [7, 11) is 0. The third-order valence-electron chi connectivity index (χ3n) is 4.68. The van der Waals surface area contributed by atoms with Crippen molar-refractivity contribution in [3.63, 3.8) is 0 Å². The van der Waals surface area contributed by atoms with Gasteiger partial charge in [-0.3, -0.25) is 9.59 Å². The van der Waals surface area contributed by atoms with Crippen LogP contribution in [0.3, 0.4) is 0 Å². The van der Waals surface area contributed by atoms with Crippen molar-refractivity contribution in [3.8, 4) is 6.07 Å². The van der Waals surface area contributed by atoms with Crippen molar-refractivity contribution in [1.29, 1.82) is 5.26 Å². The molecular formula is C18H24N4O2. The third-order valence-corrected chi connectivity index (χ3v) is 4.68. The number of aromatic nitrogens is 1. The van der Waals surface area contributed by atoms with Gasteiger partial charge in [0.25, 0.3) is 0 Å². The molecule has 6 heteroatoms. The molecule has 2 fully saturated rings. The summed E-state index contributed by atoms with van der Waals surface area (Å²) < 4.78 is 1.89. The van der Waals surface area contributed by atoms with Crippen molar-refractivity contribution < 1.29 is 9.59 Å². The van der Waals surface area contributed by atoms with Crippen LogP contribution < -0.4 is 5.32 Å². The van der Waals surface area contributed by atoms with Crippen LogP contribution in [-0.4, -0.2) is 34.4 Å². The minimum absolute atomic E-state index is 0.0750.